The quantitative estimate of drug-likeness (QED) is 0.505. The maximum Gasteiger partial charge on any atom is 0.0605 e. The van der Waals surface area contributed by atoms with Gasteiger partial charge in [-0.3, -0.25) is 0 Å². The highest BCUT2D eigenvalue weighted by atomic mass is 16.5. The van der Waals surface area contributed by atoms with E-state index in [0.717, 1.165) is 12.8 Å². The van der Waals surface area contributed by atoms with Crippen LogP contribution in [0, 0.1) is 6.92 Å². The van der Waals surface area contributed by atoms with Crippen molar-refractivity contribution in [1.82, 2.24) is 0 Å². The van der Waals surface area contributed by atoms with E-state index in [9.17, 15) is 0 Å². The van der Waals surface area contributed by atoms with Crippen molar-refractivity contribution in [3.8, 4) is 0 Å². The van der Waals surface area contributed by atoms with Gasteiger partial charge in [-0.2, -0.15) is 0 Å². The van der Waals surface area contributed by atoms with Crippen LogP contribution in [0.15, 0.2) is 12.7 Å². The summed E-state index contributed by atoms with van der Waals surface area (Å²) in [6, 6.07) is 0. The van der Waals surface area contributed by atoms with Crippen LogP contribution in [0.3, 0.4) is 0 Å². The highest BCUT2D eigenvalue weighted by Crippen LogP contribution is 2.00. The molecule has 1 heteroatoms. The maximum atomic E-state index is 5.01. The van der Waals surface area contributed by atoms with E-state index in [4.69, 9.17) is 4.74 Å². The Hall–Kier alpha value is -0.300. The molecule has 0 saturated carbocycles. The fourth-order valence-electron chi connectivity index (χ4n) is 0.518. The van der Waals surface area contributed by atoms with Gasteiger partial charge in [0.1, 0.15) is 0 Å². The lowest BCUT2D eigenvalue weighted by Gasteiger charge is -2.07. The van der Waals surface area contributed by atoms with E-state index >= 15 is 0 Å². The van der Waals surface area contributed by atoms with Gasteiger partial charge in [0.25, 0.3) is 0 Å². The topological polar surface area (TPSA) is 9.23 Å². The molecule has 0 aliphatic heterocycles. The summed E-state index contributed by atoms with van der Waals surface area (Å²) < 4.78 is 5.01. The van der Waals surface area contributed by atoms with Gasteiger partial charge in [0.15, 0.2) is 0 Å². The molecule has 1 unspecified atom stereocenters. The first-order chi connectivity index (χ1) is 3.85. The fourth-order valence-corrected chi connectivity index (χ4v) is 0.518. The van der Waals surface area contributed by atoms with Gasteiger partial charge in [-0.25, -0.2) is 0 Å². The number of hydrogen-bond acceptors (Lipinski definition) is 1. The molecule has 0 aromatic rings. The van der Waals surface area contributed by atoms with Crippen LogP contribution in [0.4, 0.5) is 0 Å². The molecule has 0 spiro atoms. The van der Waals surface area contributed by atoms with Gasteiger partial charge in [-0.05, 0) is 12.8 Å². The second-order valence-corrected chi connectivity index (χ2v) is 1.67. The third-order valence-electron chi connectivity index (χ3n) is 1.08. The predicted molar refractivity (Wildman–Crippen MR) is 35.6 cm³/mol. The van der Waals surface area contributed by atoms with Crippen molar-refractivity contribution in [2.24, 2.45) is 0 Å². The predicted octanol–water partition coefficient (Wildman–Crippen LogP) is 1.80. The maximum absolute atomic E-state index is 5.01. The molecule has 1 nitrogen and oxygen atoms in total. The van der Waals surface area contributed by atoms with E-state index in [0.29, 0.717) is 0 Å². The van der Waals surface area contributed by atoms with E-state index in [2.05, 4.69) is 13.5 Å². The molecule has 1 atom stereocenters. The smallest absolute Gasteiger partial charge is 0.0605 e. The van der Waals surface area contributed by atoms with E-state index in [1.54, 1.807) is 7.11 Å². The lowest BCUT2D eigenvalue weighted by atomic mass is 10.2. The molecule has 0 aromatic carbocycles. The normalized spacial score (nSPS) is 13.2. The number of methoxy groups -OCH3 is 1. The SMILES string of the molecule is [CH2]CC(CC=C)OC. The Kier molecular flexibility index (Phi) is 4.67. The third-order valence-corrected chi connectivity index (χ3v) is 1.08. The monoisotopic (exact) mass is 113 g/mol. The van der Waals surface area contributed by atoms with Crippen molar-refractivity contribution in [3.05, 3.63) is 19.6 Å². The number of rotatable bonds is 4. The molecule has 0 amide bonds. The van der Waals surface area contributed by atoms with Gasteiger partial charge in [-0.1, -0.05) is 13.0 Å². The van der Waals surface area contributed by atoms with E-state index in [1.165, 1.54) is 0 Å². The molecule has 0 aliphatic carbocycles. The van der Waals surface area contributed by atoms with Crippen molar-refractivity contribution in [1.29, 1.82) is 0 Å². The highest BCUT2D eigenvalue weighted by Gasteiger charge is 1.97. The highest BCUT2D eigenvalue weighted by molar-refractivity contribution is 4.73. The van der Waals surface area contributed by atoms with Crippen LogP contribution in [-0.2, 0) is 4.74 Å². The van der Waals surface area contributed by atoms with Crippen LogP contribution < -0.4 is 0 Å². The summed E-state index contributed by atoms with van der Waals surface area (Å²) >= 11 is 0. The average Bonchev–Trinajstić information content (AvgIpc) is 1.83. The molecule has 0 heterocycles. The molecule has 1 radical (unpaired) electrons. The standard InChI is InChI=1S/C7H13O/c1-4-6-7(5-2)8-3/h4,7H,1-2,5-6H2,3H3. The van der Waals surface area contributed by atoms with Crippen molar-refractivity contribution in [3.63, 3.8) is 0 Å². The summed E-state index contributed by atoms with van der Waals surface area (Å²) in [6.45, 7) is 7.29. The Balaban J connectivity index is 3.20. The molecular weight excluding hydrogens is 100 g/mol. The zero-order valence-electron chi connectivity index (χ0n) is 5.39. The minimum Gasteiger partial charge on any atom is -0.381 e. The molecule has 0 aliphatic rings. The Labute approximate surface area is 51.4 Å². The van der Waals surface area contributed by atoms with Crippen LogP contribution >= 0.6 is 0 Å². The van der Waals surface area contributed by atoms with Crippen LogP contribution in [0.1, 0.15) is 12.8 Å². The fraction of sp³-hybridized carbons (Fsp3) is 0.571. The third kappa shape index (κ3) is 2.80. The number of ether oxygens (including phenoxy) is 1. The number of hydrogen-bond donors (Lipinski definition) is 0. The molecule has 0 N–H and O–H groups in total. The van der Waals surface area contributed by atoms with Crippen molar-refractivity contribution < 1.29 is 4.74 Å². The van der Waals surface area contributed by atoms with Crippen molar-refractivity contribution in [2.75, 3.05) is 7.11 Å². The summed E-state index contributed by atoms with van der Waals surface area (Å²) in [5.41, 5.74) is 0. The van der Waals surface area contributed by atoms with Crippen LogP contribution in [0.5, 0.6) is 0 Å². The van der Waals surface area contributed by atoms with Gasteiger partial charge in [0.2, 0.25) is 0 Å². The summed E-state index contributed by atoms with van der Waals surface area (Å²) in [6.07, 6.45) is 3.84. The van der Waals surface area contributed by atoms with Gasteiger partial charge < -0.3 is 4.74 Å². The van der Waals surface area contributed by atoms with Crippen LogP contribution in [-0.4, -0.2) is 13.2 Å². The molecule has 0 aromatic heterocycles. The Morgan fingerprint density at radius 3 is 2.50 bits per heavy atom. The Morgan fingerprint density at radius 1 is 1.75 bits per heavy atom. The lowest BCUT2D eigenvalue weighted by Crippen LogP contribution is -2.06. The Morgan fingerprint density at radius 2 is 2.38 bits per heavy atom. The molecule has 0 fully saturated rings. The zero-order chi connectivity index (χ0) is 6.41. The average molecular weight is 113 g/mol. The second-order valence-electron chi connectivity index (χ2n) is 1.67. The van der Waals surface area contributed by atoms with E-state index in [1.807, 2.05) is 6.08 Å². The second kappa shape index (κ2) is 4.85. The minimum absolute atomic E-state index is 0.271. The van der Waals surface area contributed by atoms with Gasteiger partial charge in [0, 0.05) is 7.11 Å². The molecule has 0 saturated heterocycles. The van der Waals surface area contributed by atoms with Gasteiger partial charge in [0.05, 0.1) is 6.10 Å². The first-order valence-electron chi connectivity index (χ1n) is 2.78. The van der Waals surface area contributed by atoms with E-state index in [-0.39, 0.29) is 6.10 Å². The molecular formula is C7H13O. The van der Waals surface area contributed by atoms with E-state index < -0.39 is 0 Å². The van der Waals surface area contributed by atoms with Crippen molar-refractivity contribution >= 4 is 0 Å². The molecule has 0 rings (SSSR count). The lowest BCUT2D eigenvalue weighted by molar-refractivity contribution is 0.107. The minimum atomic E-state index is 0.271. The molecule has 47 valence electrons. The van der Waals surface area contributed by atoms with Crippen LogP contribution in [0.2, 0.25) is 0 Å². The summed E-state index contributed by atoms with van der Waals surface area (Å²) in [5.74, 6) is 0. The van der Waals surface area contributed by atoms with Gasteiger partial charge in [-0.15, -0.1) is 6.58 Å². The summed E-state index contributed by atoms with van der Waals surface area (Å²) in [4.78, 5) is 0. The first-order valence-corrected chi connectivity index (χ1v) is 2.78. The van der Waals surface area contributed by atoms with Gasteiger partial charge >= 0.3 is 0 Å². The molecule has 8 heavy (non-hydrogen) atoms. The first kappa shape index (κ1) is 7.70. The summed E-state index contributed by atoms with van der Waals surface area (Å²) in [7, 11) is 1.69. The Bertz CT molecular complexity index is 55.4. The summed E-state index contributed by atoms with van der Waals surface area (Å²) in [5, 5.41) is 0. The van der Waals surface area contributed by atoms with Crippen LogP contribution in [0.25, 0.3) is 0 Å². The molecule has 0 bridgehead atoms. The zero-order valence-corrected chi connectivity index (χ0v) is 5.39. The largest absolute Gasteiger partial charge is 0.381 e. The van der Waals surface area contributed by atoms with Crippen molar-refractivity contribution in [2.45, 2.75) is 18.9 Å².